The van der Waals surface area contributed by atoms with E-state index in [1.165, 1.54) is 18.0 Å². The van der Waals surface area contributed by atoms with Crippen molar-refractivity contribution in [3.05, 3.63) is 41.4 Å². The molecule has 0 aliphatic carbocycles. The molecule has 0 unspecified atom stereocenters. The lowest BCUT2D eigenvalue weighted by Gasteiger charge is -2.17. The number of aromatic nitrogens is 3. The van der Waals surface area contributed by atoms with Crippen LogP contribution in [0.2, 0.25) is 0 Å². The molecule has 3 aromatic rings. The van der Waals surface area contributed by atoms with E-state index in [4.69, 9.17) is 13.6 Å². The second kappa shape index (κ2) is 7.92. The van der Waals surface area contributed by atoms with Crippen molar-refractivity contribution in [2.24, 2.45) is 0 Å². The van der Waals surface area contributed by atoms with Crippen LogP contribution in [0.5, 0.6) is 0 Å². The molecule has 0 N–H and O–H groups in total. The minimum Gasteiger partial charge on any atom is -0.459 e. The molecule has 138 valence electrons. The van der Waals surface area contributed by atoms with Gasteiger partial charge in [0.1, 0.15) is 0 Å². The van der Waals surface area contributed by atoms with Gasteiger partial charge in [-0.2, -0.15) is 0 Å². The lowest BCUT2D eigenvalue weighted by Crippen LogP contribution is -2.14. The molecule has 0 aliphatic heterocycles. The number of nitrogens with zero attached hydrogens (tertiary/aromatic N) is 3. The maximum atomic E-state index is 12.6. The van der Waals surface area contributed by atoms with Gasteiger partial charge in [0.25, 0.3) is 11.1 Å². The molecule has 3 heterocycles. The highest BCUT2D eigenvalue weighted by Gasteiger charge is 2.20. The Morgan fingerprint density at radius 3 is 2.88 bits per heavy atom. The minimum absolute atomic E-state index is 0.0247. The summed E-state index contributed by atoms with van der Waals surface area (Å²) < 4.78 is 18.1. The van der Waals surface area contributed by atoms with Gasteiger partial charge in [-0.25, -0.2) is 0 Å². The number of carbonyl (C=O) groups is 1. The van der Waals surface area contributed by atoms with E-state index >= 15 is 0 Å². The minimum atomic E-state index is 0.0247. The zero-order valence-corrected chi connectivity index (χ0v) is 16.0. The van der Waals surface area contributed by atoms with Crippen molar-refractivity contribution in [3.8, 4) is 11.7 Å². The van der Waals surface area contributed by atoms with Gasteiger partial charge in [-0.1, -0.05) is 11.8 Å². The molecule has 3 aromatic heterocycles. The van der Waals surface area contributed by atoms with Gasteiger partial charge >= 0.3 is 0 Å². The van der Waals surface area contributed by atoms with Gasteiger partial charge in [-0.05, 0) is 39.0 Å². The molecule has 0 saturated carbocycles. The first-order chi connectivity index (χ1) is 12.5. The predicted octanol–water partition coefficient (Wildman–Crippen LogP) is 3.93. The van der Waals surface area contributed by atoms with Gasteiger partial charge in [0, 0.05) is 24.1 Å². The number of methoxy groups -OCH3 is 1. The number of ketones is 1. The number of rotatable bonds is 8. The van der Waals surface area contributed by atoms with Crippen molar-refractivity contribution >= 4 is 17.5 Å². The number of Topliss-reactive ketones (excluding diaryl/α,β-unsaturated/α-hetero) is 1. The Hall–Kier alpha value is -2.32. The number of ether oxygens (including phenoxy) is 1. The van der Waals surface area contributed by atoms with Crippen LogP contribution in [-0.2, 0) is 4.74 Å². The fourth-order valence-electron chi connectivity index (χ4n) is 3.03. The summed E-state index contributed by atoms with van der Waals surface area (Å²) in [4.78, 5) is 12.6. The first-order valence-corrected chi connectivity index (χ1v) is 9.20. The zero-order valence-electron chi connectivity index (χ0n) is 15.2. The summed E-state index contributed by atoms with van der Waals surface area (Å²) in [5.41, 5.74) is 2.70. The van der Waals surface area contributed by atoms with Crippen molar-refractivity contribution in [3.63, 3.8) is 0 Å². The lowest BCUT2D eigenvalue weighted by molar-refractivity contribution is 0.102. The van der Waals surface area contributed by atoms with Gasteiger partial charge in [0.2, 0.25) is 0 Å². The summed E-state index contributed by atoms with van der Waals surface area (Å²) in [6.45, 7) is 6.62. The average Bonchev–Trinajstić information content (AvgIpc) is 3.32. The number of thioether (sulfide) groups is 1. The lowest BCUT2D eigenvalue weighted by atomic mass is 10.2. The molecule has 7 nitrogen and oxygen atoms in total. The number of hydrogen-bond acceptors (Lipinski definition) is 7. The molecular formula is C18H21N3O4S. The molecule has 0 aromatic carbocycles. The van der Waals surface area contributed by atoms with E-state index in [0.717, 1.165) is 11.4 Å². The van der Waals surface area contributed by atoms with Crippen molar-refractivity contribution < 1.29 is 18.4 Å². The highest BCUT2D eigenvalue weighted by atomic mass is 32.2. The summed E-state index contributed by atoms with van der Waals surface area (Å²) in [6, 6.07) is 5.58. The number of furan rings is 1. The SMILES string of the molecule is COC[C@@H](C)n1c(C)cc(C(=O)CSc2nnc(-c3ccco3)o2)c1C. The summed E-state index contributed by atoms with van der Waals surface area (Å²) in [6.07, 6.45) is 1.54. The Kier molecular flexibility index (Phi) is 5.63. The molecule has 0 amide bonds. The summed E-state index contributed by atoms with van der Waals surface area (Å²) in [7, 11) is 1.68. The first kappa shape index (κ1) is 18.5. The van der Waals surface area contributed by atoms with E-state index in [9.17, 15) is 4.79 Å². The van der Waals surface area contributed by atoms with E-state index in [0.29, 0.717) is 29.0 Å². The molecule has 0 radical (unpaired) electrons. The molecule has 1 atom stereocenters. The van der Waals surface area contributed by atoms with E-state index in [1.807, 2.05) is 19.9 Å². The standard InChI is InChI=1S/C18H21N3O4S/c1-11-8-14(13(3)21(11)12(2)9-23-4)15(22)10-26-18-20-19-17(25-18)16-6-5-7-24-16/h5-8,12H,9-10H2,1-4H3/t12-/m1/s1. The maximum Gasteiger partial charge on any atom is 0.284 e. The molecule has 26 heavy (non-hydrogen) atoms. The summed E-state index contributed by atoms with van der Waals surface area (Å²) >= 11 is 1.22. The molecule has 0 aliphatic rings. The third-order valence-corrected chi connectivity index (χ3v) is 4.92. The Morgan fingerprint density at radius 2 is 2.19 bits per heavy atom. The Morgan fingerprint density at radius 1 is 1.38 bits per heavy atom. The molecule has 0 saturated heterocycles. The summed E-state index contributed by atoms with van der Waals surface area (Å²) in [5.74, 6) is 1.06. The van der Waals surface area contributed by atoms with E-state index < -0.39 is 0 Å². The van der Waals surface area contributed by atoms with Crippen LogP contribution in [0.3, 0.4) is 0 Å². The normalized spacial score (nSPS) is 12.5. The summed E-state index contributed by atoms with van der Waals surface area (Å²) in [5, 5.41) is 8.22. The third kappa shape index (κ3) is 3.76. The van der Waals surface area contributed by atoms with Crippen molar-refractivity contribution in [1.82, 2.24) is 14.8 Å². The fourth-order valence-corrected chi connectivity index (χ4v) is 3.67. The number of carbonyl (C=O) groups excluding carboxylic acids is 1. The Bertz CT molecular complexity index is 883. The van der Waals surface area contributed by atoms with Crippen LogP contribution in [-0.4, -0.2) is 40.0 Å². The van der Waals surface area contributed by atoms with Crippen LogP contribution in [0.15, 0.2) is 38.5 Å². The zero-order chi connectivity index (χ0) is 18.7. The number of hydrogen-bond donors (Lipinski definition) is 0. The predicted molar refractivity (Wildman–Crippen MR) is 97.5 cm³/mol. The fraction of sp³-hybridized carbons (Fsp3) is 0.389. The highest BCUT2D eigenvalue weighted by Crippen LogP contribution is 2.26. The van der Waals surface area contributed by atoms with Gasteiger partial charge < -0.3 is 18.1 Å². The van der Waals surface area contributed by atoms with E-state index in [2.05, 4.69) is 21.7 Å². The molecule has 0 spiro atoms. The smallest absolute Gasteiger partial charge is 0.284 e. The Balaban J connectivity index is 1.68. The quantitative estimate of drug-likeness (QED) is 0.436. The second-order valence-corrected chi connectivity index (χ2v) is 6.95. The van der Waals surface area contributed by atoms with Gasteiger partial charge in [-0.3, -0.25) is 4.79 Å². The highest BCUT2D eigenvalue weighted by molar-refractivity contribution is 7.99. The Labute approximate surface area is 155 Å². The average molecular weight is 375 g/mol. The van der Waals surface area contributed by atoms with Gasteiger partial charge in [0.05, 0.1) is 24.7 Å². The maximum absolute atomic E-state index is 12.6. The van der Waals surface area contributed by atoms with Crippen molar-refractivity contribution in [2.45, 2.75) is 32.0 Å². The van der Waals surface area contributed by atoms with E-state index in [-0.39, 0.29) is 17.6 Å². The monoisotopic (exact) mass is 375 g/mol. The number of aryl methyl sites for hydroxylation is 1. The van der Waals surface area contributed by atoms with Crippen molar-refractivity contribution in [1.29, 1.82) is 0 Å². The van der Waals surface area contributed by atoms with Crippen LogP contribution >= 0.6 is 11.8 Å². The first-order valence-electron chi connectivity index (χ1n) is 8.22. The van der Waals surface area contributed by atoms with Crippen LogP contribution in [0.1, 0.15) is 34.7 Å². The van der Waals surface area contributed by atoms with Crippen LogP contribution in [0, 0.1) is 13.8 Å². The molecule has 0 fully saturated rings. The van der Waals surface area contributed by atoms with Gasteiger partial charge in [0.15, 0.2) is 11.5 Å². The third-order valence-electron chi connectivity index (χ3n) is 4.10. The molecule has 0 bridgehead atoms. The van der Waals surface area contributed by atoms with E-state index in [1.54, 1.807) is 19.2 Å². The largest absolute Gasteiger partial charge is 0.459 e. The van der Waals surface area contributed by atoms with Crippen LogP contribution in [0.4, 0.5) is 0 Å². The molecule has 3 rings (SSSR count). The second-order valence-electron chi connectivity index (χ2n) is 6.02. The molecule has 8 heteroatoms. The van der Waals surface area contributed by atoms with Crippen molar-refractivity contribution in [2.75, 3.05) is 19.5 Å². The molecular weight excluding hydrogens is 354 g/mol. The van der Waals surface area contributed by atoms with Crippen LogP contribution in [0.25, 0.3) is 11.7 Å². The van der Waals surface area contributed by atoms with Gasteiger partial charge in [-0.15, -0.1) is 10.2 Å². The topological polar surface area (TPSA) is 83.3 Å². The van der Waals surface area contributed by atoms with Crippen LogP contribution < -0.4 is 0 Å².